The first-order valence-corrected chi connectivity index (χ1v) is 5.08. The van der Waals surface area contributed by atoms with Gasteiger partial charge in [0.25, 0.3) is 0 Å². The van der Waals surface area contributed by atoms with Crippen LogP contribution in [0.3, 0.4) is 0 Å². The van der Waals surface area contributed by atoms with Gasteiger partial charge in [-0.15, -0.1) is 0 Å². The summed E-state index contributed by atoms with van der Waals surface area (Å²) in [6.07, 6.45) is 0. The van der Waals surface area contributed by atoms with Gasteiger partial charge in [-0.3, -0.25) is 4.90 Å². The maximum Gasteiger partial charge on any atom is 0.0167 e. The zero-order valence-electron chi connectivity index (χ0n) is 8.80. The molecule has 0 spiro atoms. The fraction of sp³-hybridized carbons (Fsp3) is 1.00. The highest BCUT2D eigenvalue weighted by molar-refractivity contribution is 4.79. The third kappa shape index (κ3) is 2.46. The van der Waals surface area contributed by atoms with Gasteiger partial charge in [0.2, 0.25) is 0 Å². The van der Waals surface area contributed by atoms with Crippen molar-refractivity contribution in [2.75, 3.05) is 19.6 Å². The van der Waals surface area contributed by atoms with Crippen LogP contribution in [-0.4, -0.2) is 36.6 Å². The maximum absolute atomic E-state index is 3.46. The molecule has 0 amide bonds. The molecular weight excluding hydrogens is 148 g/mol. The molecule has 0 aromatic heterocycles. The van der Waals surface area contributed by atoms with Crippen LogP contribution in [0.2, 0.25) is 0 Å². The van der Waals surface area contributed by atoms with Gasteiger partial charge in [-0.05, 0) is 19.8 Å². The van der Waals surface area contributed by atoms with Gasteiger partial charge in [-0.25, -0.2) is 0 Å². The molecule has 12 heavy (non-hydrogen) atoms. The van der Waals surface area contributed by atoms with Crippen molar-refractivity contribution in [3.05, 3.63) is 0 Å². The molecular formula is C10H22N2. The van der Waals surface area contributed by atoms with Crippen LogP contribution >= 0.6 is 0 Å². The molecule has 1 N–H and O–H groups in total. The fourth-order valence-electron chi connectivity index (χ4n) is 1.75. The lowest BCUT2D eigenvalue weighted by Gasteiger charge is -2.37. The summed E-state index contributed by atoms with van der Waals surface area (Å²) in [7, 11) is 0. The van der Waals surface area contributed by atoms with Crippen LogP contribution in [0.25, 0.3) is 0 Å². The van der Waals surface area contributed by atoms with E-state index >= 15 is 0 Å². The molecule has 0 aliphatic carbocycles. The van der Waals surface area contributed by atoms with Crippen LogP contribution in [0.5, 0.6) is 0 Å². The summed E-state index contributed by atoms with van der Waals surface area (Å²) < 4.78 is 0. The van der Waals surface area contributed by atoms with Gasteiger partial charge in [0.1, 0.15) is 0 Å². The number of nitrogens with one attached hydrogen (secondary N) is 1. The first kappa shape index (κ1) is 10.0. The van der Waals surface area contributed by atoms with E-state index in [1.165, 1.54) is 13.1 Å². The van der Waals surface area contributed by atoms with Crippen LogP contribution in [0.15, 0.2) is 0 Å². The SMILES string of the molecule is CC(C)C(C)N1CCN[C@@H](C)C1. The molecule has 1 fully saturated rings. The summed E-state index contributed by atoms with van der Waals surface area (Å²) in [5.74, 6) is 0.773. The molecule has 0 radical (unpaired) electrons. The van der Waals surface area contributed by atoms with Gasteiger partial charge in [0.15, 0.2) is 0 Å². The Morgan fingerprint density at radius 3 is 2.50 bits per heavy atom. The van der Waals surface area contributed by atoms with Gasteiger partial charge in [-0.2, -0.15) is 0 Å². The highest BCUT2D eigenvalue weighted by Gasteiger charge is 2.21. The number of piperazine rings is 1. The topological polar surface area (TPSA) is 15.3 Å². The van der Waals surface area contributed by atoms with Crippen molar-refractivity contribution in [2.24, 2.45) is 5.92 Å². The second-order valence-corrected chi connectivity index (χ2v) is 4.33. The summed E-state index contributed by atoms with van der Waals surface area (Å²) in [6.45, 7) is 12.8. The Bertz CT molecular complexity index is 134. The average Bonchev–Trinajstić information content (AvgIpc) is 2.03. The van der Waals surface area contributed by atoms with E-state index in [0.717, 1.165) is 18.5 Å². The molecule has 0 aromatic carbocycles. The highest BCUT2D eigenvalue weighted by atomic mass is 15.2. The minimum atomic E-state index is 0.667. The van der Waals surface area contributed by atoms with Crippen LogP contribution in [0.1, 0.15) is 27.7 Å². The Kier molecular flexibility index (Phi) is 3.53. The first-order valence-electron chi connectivity index (χ1n) is 5.08. The number of hydrogen-bond acceptors (Lipinski definition) is 2. The molecule has 1 heterocycles. The predicted molar refractivity (Wildman–Crippen MR) is 53.3 cm³/mol. The van der Waals surface area contributed by atoms with Gasteiger partial charge in [-0.1, -0.05) is 13.8 Å². The zero-order chi connectivity index (χ0) is 9.14. The molecule has 72 valence electrons. The molecule has 1 aliphatic heterocycles. The average molecular weight is 170 g/mol. The number of rotatable bonds is 2. The Morgan fingerprint density at radius 2 is 2.00 bits per heavy atom. The van der Waals surface area contributed by atoms with Crippen molar-refractivity contribution in [1.82, 2.24) is 10.2 Å². The quantitative estimate of drug-likeness (QED) is 0.672. The third-order valence-corrected chi connectivity index (χ3v) is 2.94. The van der Waals surface area contributed by atoms with Gasteiger partial charge in [0.05, 0.1) is 0 Å². The van der Waals surface area contributed by atoms with Crippen molar-refractivity contribution in [3.8, 4) is 0 Å². The molecule has 0 saturated carbocycles. The number of nitrogens with zero attached hydrogens (tertiary/aromatic N) is 1. The van der Waals surface area contributed by atoms with Crippen molar-refractivity contribution in [1.29, 1.82) is 0 Å². The summed E-state index contributed by atoms with van der Waals surface area (Å²) in [4.78, 5) is 2.59. The van der Waals surface area contributed by atoms with Crippen molar-refractivity contribution < 1.29 is 0 Å². The van der Waals surface area contributed by atoms with Crippen LogP contribution in [0, 0.1) is 5.92 Å². The van der Waals surface area contributed by atoms with Gasteiger partial charge < -0.3 is 5.32 Å². The largest absolute Gasteiger partial charge is 0.312 e. The highest BCUT2D eigenvalue weighted by Crippen LogP contribution is 2.11. The molecule has 0 aromatic rings. The maximum atomic E-state index is 3.46. The first-order chi connectivity index (χ1) is 5.61. The standard InChI is InChI=1S/C10H22N2/c1-8(2)10(4)12-6-5-11-9(3)7-12/h8-11H,5-7H2,1-4H3/t9-,10?/m0/s1. The molecule has 1 unspecified atom stereocenters. The minimum absolute atomic E-state index is 0.667. The molecule has 0 bridgehead atoms. The van der Waals surface area contributed by atoms with Gasteiger partial charge >= 0.3 is 0 Å². The van der Waals surface area contributed by atoms with E-state index in [1.807, 2.05) is 0 Å². The lowest BCUT2D eigenvalue weighted by molar-refractivity contribution is 0.128. The van der Waals surface area contributed by atoms with E-state index in [2.05, 4.69) is 37.9 Å². The fourth-order valence-corrected chi connectivity index (χ4v) is 1.75. The summed E-state index contributed by atoms with van der Waals surface area (Å²) in [5.41, 5.74) is 0. The summed E-state index contributed by atoms with van der Waals surface area (Å²) >= 11 is 0. The van der Waals surface area contributed by atoms with E-state index in [4.69, 9.17) is 0 Å². The molecule has 2 nitrogen and oxygen atoms in total. The molecule has 1 aliphatic rings. The second kappa shape index (κ2) is 4.24. The van der Waals surface area contributed by atoms with Crippen molar-refractivity contribution in [2.45, 2.75) is 39.8 Å². The van der Waals surface area contributed by atoms with E-state index in [1.54, 1.807) is 0 Å². The third-order valence-electron chi connectivity index (χ3n) is 2.94. The minimum Gasteiger partial charge on any atom is -0.312 e. The van der Waals surface area contributed by atoms with Gasteiger partial charge in [0, 0.05) is 31.7 Å². The molecule has 2 heteroatoms. The Hall–Kier alpha value is -0.0800. The Morgan fingerprint density at radius 1 is 1.33 bits per heavy atom. The smallest absolute Gasteiger partial charge is 0.0167 e. The van der Waals surface area contributed by atoms with Crippen molar-refractivity contribution >= 4 is 0 Å². The predicted octanol–water partition coefficient (Wildman–Crippen LogP) is 1.32. The number of hydrogen-bond donors (Lipinski definition) is 1. The molecule has 2 atom stereocenters. The van der Waals surface area contributed by atoms with E-state index in [9.17, 15) is 0 Å². The zero-order valence-corrected chi connectivity index (χ0v) is 8.80. The Labute approximate surface area is 76.3 Å². The van der Waals surface area contributed by atoms with Crippen LogP contribution in [0.4, 0.5) is 0 Å². The van der Waals surface area contributed by atoms with Crippen molar-refractivity contribution in [3.63, 3.8) is 0 Å². The monoisotopic (exact) mass is 170 g/mol. The van der Waals surface area contributed by atoms with E-state index in [-0.39, 0.29) is 0 Å². The van der Waals surface area contributed by atoms with E-state index < -0.39 is 0 Å². The Balaban J connectivity index is 2.40. The summed E-state index contributed by atoms with van der Waals surface area (Å²) in [5, 5.41) is 3.46. The second-order valence-electron chi connectivity index (χ2n) is 4.33. The molecule has 1 saturated heterocycles. The molecule has 1 rings (SSSR count). The summed E-state index contributed by atoms with van der Waals surface area (Å²) in [6, 6.07) is 1.40. The van der Waals surface area contributed by atoms with Crippen LogP contribution in [-0.2, 0) is 0 Å². The van der Waals surface area contributed by atoms with Crippen LogP contribution < -0.4 is 5.32 Å². The normalized spacial score (nSPS) is 29.2. The van der Waals surface area contributed by atoms with E-state index in [0.29, 0.717) is 6.04 Å². The lowest BCUT2D eigenvalue weighted by Crippen LogP contribution is -2.53. The lowest BCUT2D eigenvalue weighted by atomic mass is 10.0.